The Morgan fingerprint density at radius 2 is 1.95 bits per heavy atom. The van der Waals surface area contributed by atoms with Gasteiger partial charge in [0.1, 0.15) is 0 Å². The van der Waals surface area contributed by atoms with Crippen LogP contribution >= 0.6 is 11.8 Å². The number of rotatable bonds is 5. The highest BCUT2D eigenvalue weighted by atomic mass is 32.2. The first kappa shape index (κ1) is 15.8. The number of benzene rings is 1. The van der Waals surface area contributed by atoms with Crippen molar-refractivity contribution in [3.05, 3.63) is 30.2 Å². The van der Waals surface area contributed by atoms with Crippen LogP contribution in [0.1, 0.15) is 12.8 Å². The molecule has 114 valence electrons. The van der Waals surface area contributed by atoms with Crippen molar-refractivity contribution in [1.82, 2.24) is 10.1 Å². The Morgan fingerprint density at radius 3 is 2.52 bits per heavy atom. The van der Waals surface area contributed by atoms with Gasteiger partial charge in [0, 0.05) is 10.5 Å². The quantitative estimate of drug-likeness (QED) is 0.857. The fraction of sp³-hybridized carbons (Fsp3) is 0.385. The van der Waals surface area contributed by atoms with Crippen LogP contribution in [-0.2, 0) is 6.42 Å². The number of nitrogens with zero attached hydrogens (tertiary/aromatic N) is 2. The molecule has 1 N–H and O–H groups in total. The molecule has 0 saturated heterocycles. The van der Waals surface area contributed by atoms with E-state index in [4.69, 9.17) is 9.63 Å². The Hall–Kier alpha value is -1.54. The zero-order chi connectivity index (χ0) is 15.5. The minimum atomic E-state index is -4.70. The number of thioether (sulfide) groups is 1. The van der Waals surface area contributed by atoms with Gasteiger partial charge >= 0.3 is 6.18 Å². The third-order valence-electron chi connectivity index (χ3n) is 2.64. The van der Waals surface area contributed by atoms with E-state index in [1.165, 1.54) is 0 Å². The second kappa shape index (κ2) is 6.48. The van der Waals surface area contributed by atoms with Gasteiger partial charge in [-0.2, -0.15) is 18.2 Å². The molecule has 0 fully saturated rings. The summed E-state index contributed by atoms with van der Waals surface area (Å²) in [7, 11) is 0. The summed E-state index contributed by atoms with van der Waals surface area (Å²) in [4.78, 5) is 4.95. The zero-order valence-electron chi connectivity index (χ0n) is 11.1. The average molecular weight is 318 g/mol. The molecule has 1 heterocycles. The van der Waals surface area contributed by atoms with Crippen LogP contribution in [0.3, 0.4) is 0 Å². The highest BCUT2D eigenvalue weighted by Gasteiger charge is 2.39. The number of halogens is 3. The molecule has 8 heteroatoms. The predicted octanol–water partition coefficient (Wildman–Crippen LogP) is 3.31. The van der Waals surface area contributed by atoms with Crippen molar-refractivity contribution in [1.29, 1.82) is 0 Å². The van der Waals surface area contributed by atoms with Gasteiger partial charge in [-0.05, 0) is 30.0 Å². The first-order chi connectivity index (χ1) is 9.90. The van der Waals surface area contributed by atoms with E-state index < -0.39 is 18.7 Å². The van der Waals surface area contributed by atoms with E-state index in [0.29, 0.717) is 5.56 Å². The van der Waals surface area contributed by atoms with Crippen LogP contribution in [-0.4, -0.2) is 33.3 Å². The second-order valence-corrected chi connectivity index (χ2v) is 5.57. The molecule has 2 rings (SSSR count). The molecule has 1 atom stereocenters. The van der Waals surface area contributed by atoms with Gasteiger partial charge in [0.25, 0.3) is 0 Å². The van der Waals surface area contributed by atoms with Gasteiger partial charge < -0.3 is 9.63 Å². The van der Waals surface area contributed by atoms with Gasteiger partial charge in [0.15, 0.2) is 6.10 Å². The van der Waals surface area contributed by atoms with E-state index in [1.807, 2.05) is 19.1 Å². The lowest BCUT2D eigenvalue weighted by Crippen LogP contribution is -2.30. The minimum Gasteiger partial charge on any atom is -0.383 e. The summed E-state index contributed by atoms with van der Waals surface area (Å²) in [5, 5.41) is 12.6. The number of aromatic nitrogens is 2. The molecule has 0 aliphatic heterocycles. The largest absolute Gasteiger partial charge is 0.414 e. The Labute approximate surface area is 123 Å². The Morgan fingerprint density at radius 1 is 1.29 bits per heavy atom. The summed E-state index contributed by atoms with van der Waals surface area (Å²) in [6, 6.07) is 7.30. The van der Waals surface area contributed by atoms with E-state index in [9.17, 15) is 13.2 Å². The molecule has 1 aromatic carbocycles. The summed E-state index contributed by atoms with van der Waals surface area (Å²) in [5.41, 5.74) is 0.645. The van der Waals surface area contributed by atoms with Crippen molar-refractivity contribution in [3.8, 4) is 11.4 Å². The van der Waals surface area contributed by atoms with E-state index in [-0.39, 0.29) is 11.7 Å². The van der Waals surface area contributed by atoms with Crippen molar-refractivity contribution >= 4 is 11.8 Å². The van der Waals surface area contributed by atoms with Crippen LogP contribution in [0.2, 0.25) is 0 Å². The van der Waals surface area contributed by atoms with Crippen molar-refractivity contribution < 1.29 is 22.8 Å². The number of aliphatic hydroxyl groups is 1. The standard InChI is InChI=1S/C13H13F3N2O2S/c1-2-21-9-5-3-8(4-6-9)12-17-11(20-18-12)7-10(19)13(14,15)16/h3-6,10,19H,2,7H2,1H3. The Balaban J connectivity index is 2.09. The van der Waals surface area contributed by atoms with Crippen LogP contribution in [0, 0.1) is 0 Å². The Bertz CT molecular complexity index is 584. The number of hydrogen-bond donors (Lipinski definition) is 1. The summed E-state index contributed by atoms with van der Waals surface area (Å²) >= 11 is 1.67. The smallest absolute Gasteiger partial charge is 0.383 e. The molecule has 0 radical (unpaired) electrons. The van der Waals surface area contributed by atoms with Crippen molar-refractivity contribution in [3.63, 3.8) is 0 Å². The van der Waals surface area contributed by atoms with E-state index in [0.717, 1.165) is 10.6 Å². The molecule has 1 unspecified atom stereocenters. The number of hydrogen-bond acceptors (Lipinski definition) is 5. The van der Waals surface area contributed by atoms with Crippen LogP contribution in [0.15, 0.2) is 33.7 Å². The SMILES string of the molecule is CCSc1ccc(-c2noc(CC(O)C(F)(F)F)n2)cc1. The van der Waals surface area contributed by atoms with Crippen molar-refractivity contribution in [2.45, 2.75) is 30.5 Å². The predicted molar refractivity (Wildman–Crippen MR) is 71.9 cm³/mol. The normalized spacial score (nSPS) is 13.4. The zero-order valence-corrected chi connectivity index (χ0v) is 11.9. The highest BCUT2D eigenvalue weighted by Crippen LogP contribution is 2.25. The van der Waals surface area contributed by atoms with E-state index >= 15 is 0 Å². The molecule has 21 heavy (non-hydrogen) atoms. The van der Waals surface area contributed by atoms with Crippen LogP contribution < -0.4 is 0 Å². The van der Waals surface area contributed by atoms with Crippen molar-refractivity contribution in [2.75, 3.05) is 5.75 Å². The van der Waals surface area contributed by atoms with Gasteiger partial charge in [-0.25, -0.2) is 0 Å². The summed E-state index contributed by atoms with van der Waals surface area (Å²) in [6.45, 7) is 2.04. The lowest BCUT2D eigenvalue weighted by Gasteiger charge is -2.11. The molecule has 0 saturated carbocycles. The molecule has 0 bridgehead atoms. The van der Waals surface area contributed by atoms with Crippen LogP contribution in [0.5, 0.6) is 0 Å². The molecule has 0 spiro atoms. The first-order valence-electron chi connectivity index (χ1n) is 6.20. The molecular weight excluding hydrogens is 305 g/mol. The molecule has 2 aromatic rings. The fourth-order valence-corrected chi connectivity index (χ4v) is 2.26. The molecule has 0 aliphatic carbocycles. The first-order valence-corrected chi connectivity index (χ1v) is 7.19. The number of alkyl halides is 3. The van der Waals surface area contributed by atoms with Gasteiger partial charge in [-0.3, -0.25) is 0 Å². The fourth-order valence-electron chi connectivity index (χ4n) is 1.60. The number of aliphatic hydroxyl groups excluding tert-OH is 1. The third kappa shape index (κ3) is 4.21. The Kier molecular flexibility index (Phi) is 4.89. The molecule has 4 nitrogen and oxygen atoms in total. The van der Waals surface area contributed by atoms with Crippen molar-refractivity contribution in [2.24, 2.45) is 0 Å². The third-order valence-corrected chi connectivity index (χ3v) is 3.53. The molecular formula is C13H13F3N2O2S. The van der Waals surface area contributed by atoms with Crippen LogP contribution in [0.4, 0.5) is 13.2 Å². The minimum absolute atomic E-state index is 0.201. The topological polar surface area (TPSA) is 59.2 Å². The van der Waals surface area contributed by atoms with E-state index in [1.54, 1.807) is 23.9 Å². The van der Waals surface area contributed by atoms with E-state index in [2.05, 4.69) is 10.1 Å². The highest BCUT2D eigenvalue weighted by molar-refractivity contribution is 7.99. The maximum atomic E-state index is 12.2. The van der Waals surface area contributed by atoms with Gasteiger partial charge in [0.05, 0.1) is 6.42 Å². The monoisotopic (exact) mass is 318 g/mol. The van der Waals surface area contributed by atoms with Gasteiger partial charge in [-0.1, -0.05) is 12.1 Å². The summed E-state index contributed by atoms with van der Waals surface area (Å²) < 4.78 is 41.5. The van der Waals surface area contributed by atoms with Gasteiger partial charge in [-0.15, -0.1) is 11.8 Å². The maximum Gasteiger partial charge on any atom is 0.414 e. The summed E-state index contributed by atoms with van der Waals surface area (Å²) in [5.74, 6) is 0.898. The lowest BCUT2D eigenvalue weighted by atomic mass is 10.2. The van der Waals surface area contributed by atoms with Gasteiger partial charge in [0.2, 0.25) is 11.7 Å². The summed E-state index contributed by atoms with van der Waals surface area (Å²) in [6.07, 6.45) is -7.96. The average Bonchev–Trinajstić information content (AvgIpc) is 2.87. The second-order valence-electron chi connectivity index (χ2n) is 4.23. The van der Waals surface area contributed by atoms with Crippen LogP contribution in [0.25, 0.3) is 11.4 Å². The molecule has 0 aliphatic rings. The molecule has 0 amide bonds. The maximum absolute atomic E-state index is 12.2. The lowest BCUT2D eigenvalue weighted by molar-refractivity contribution is -0.204. The molecule has 1 aromatic heterocycles.